The van der Waals surface area contributed by atoms with Gasteiger partial charge in [0, 0.05) is 37.7 Å². The number of carbonyl (C=O) groups excluding carboxylic acids is 1. The van der Waals surface area contributed by atoms with Crippen LogP contribution in [0.15, 0.2) is 35.3 Å². The van der Waals surface area contributed by atoms with Crippen LogP contribution < -0.4 is 16.4 Å². The van der Waals surface area contributed by atoms with E-state index in [0.717, 1.165) is 46.9 Å². The number of carbonyl (C=O) groups is 1. The molecule has 3 heterocycles. The summed E-state index contributed by atoms with van der Waals surface area (Å²) in [6.45, 7) is 6.15. The number of nitrogens with two attached hydrogens (primary N) is 1. The summed E-state index contributed by atoms with van der Waals surface area (Å²) in [6.07, 6.45) is 7.52. The fourth-order valence-electron chi connectivity index (χ4n) is 5.30. The maximum absolute atomic E-state index is 12.7. The summed E-state index contributed by atoms with van der Waals surface area (Å²) < 4.78 is 2.41. The number of nitrogens with one attached hydrogen (secondary N) is 2. The van der Waals surface area contributed by atoms with E-state index in [0.29, 0.717) is 16.2 Å². The van der Waals surface area contributed by atoms with Crippen molar-refractivity contribution in [3.63, 3.8) is 0 Å². The van der Waals surface area contributed by atoms with Crippen molar-refractivity contribution in [1.29, 1.82) is 0 Å². The molecule has 188 valence electrons. The average Bonchev–Trinajstić information content (AvgIpc) is 3.44. The maximum Gasteiger partial charge on any atom is 0.226 e. The Balaban J connectivity index is 1.52. The summed E-state index contributed by atoms with van der Waals surface area (Å²) in [5.74, 6) is 0.843. The number of halogens is 1. The van der Waals surface area contributed by atoms with Crippen molar-refractivity contribution in [3.05, 3.63) is 40.9 Å². The number of aromatic nitrogens is 6. The van der Waals surface area contributed by atoms with Gasteiger partial charge in [-0.3, -0.25) is 14.8 Å². The molecule has 0 radical (unpaired) electrons. The lowest BCUT2D eigenvalue weighted by Crippen LogP contribution is -2.42. The SMILES string of the molecule is CNC(=O)[C@]1(C(C)C)CC[C@@H](Nc2ncc3c(Br)nn(-c4cc([C@@H](C)N)c5nccnc5c4)c3n2)C1. The second kappa shape index (κ2) is 9.36. The number of hydrogen-bond donors (Lipinski definition) is 3. The number of anilines is 1. The molecule has 10 nitrogen and oxygen atoms in total. The van der Waals surface area contributed by atoms with Gasteiger partial charge in [-0.05, 0) is 65.7 Å². The maximum atomic E-state index is 12.7. The second-order valence-corrected chi connectivity index (χ2v) is 10.6. The summed E-state index contributed by atoms with van der Waals surface area (Å²) in [5, 5.41) is 11.8. The molecule has 1 amide bonds. The molecule has 4 N–H and O–H groups in total. The normalized spacial score (nSPS) is 20.8. The minimum Gasteiger partial charge on any atom is -0.359 e. The first-order valence-electron chi connectivity index (χ1n) is 12.1. The largest absolute Gasteiger partial charge is 0.359 e. The van der Waals surface area contributed by atoms with E-state index >= 15 is 0 Å². The highest BCUT2D eigenvalue weighted by Crippen LogP contribution is 2.45. The third-order valence-corrected chi connectivity index (χ3v) is 7.96. The highest BCUT2D eigenvalue weighted by molar-refractivity contribution is 9.10. The molecule has 0 unspecified atom stereocenters. The second-order valence-electron chi connectivity index (χ2n) is 9.86. The molecule has 0 saturated heterocycles. The van der Waals surface area contributed by atoms with Crippen LogP contribution in [0.4, 0.5) is 5.95 Å². The Hall–Kier alpha value is -3.18. The molecule has 0 aliphatic heterocycles. The minimum absolute atomic E-state index is 0.0996. The molecule has 1 aromatic carbocycles. The van der Waals surface area contributed by atoms with Gasteiger partial charge in [0.25, 0.3) is 0 Å². The number of fused-ring (bicyclic) bond motifs is 2. The molecular weight excluding hydrogens is 522 g/mol. The molecule has 11 heteroatoms. The van der Waals surface area contributed by atoms with Crippen molar-refractivity contribution >= 4 is 49.9 Å². The van der Waals surface area contributed by atoms with Gasteiger partial charge >= 0.3 is 0 Å². The summed E-state index contributed by atoms with van der Waals surface area (Å²) >= 11 is 3.55. The van der Waals surface area contributed by atoms with Gasteiger partial charge in [-0.25, -0.2) is 9.67 Å². The van der Waals surface area contributed by atoms with Crippen molar-refractivity contribution in [3.8, 4) is 5.69 Å². The molecule has 3 atom stereocenters. The van der Waals surface area contributed by atoms with Gasteiger partial charge in [-0.2, -0.15) is 10.1 Å². The molecule has 36 heavy (non-hydrogen) atoms. The molecule has 1 aliphatic rings. The van der Waals surface area contributed by atoms with Crippen LogP contribution in [0.1, 0.15) is 51.6 Å². The van der Waals surface area contributed by atoms with Gasteiger partial charge in [0.2, 0.25) is 11.9 Å². The van der Waals surface area contributed by atoms with Crippen LogP contribution in [-0.4, -0.2) is 48.7 Å². The van der Waals surface area contributed by atoms with Gasteiger partial charge in [0.15, 0.2) is 5.65 Å². The van der Waals surface area contributed by atoms with Crippen molar-refractivity contribution in [1.82, 2.24) is 35.0 Å². The van der Waals surface area contributed by atoms with Crippen molar-refractivity contribution < 1.29 is 4.79 Å². The van der Waals surface area contributed by atoms with Crippen LogP contribution in [0.3, 0.4) is 0 Å². The zero-order chi connectivity index (χ0) is 25.6. The Labute approximate surface area is 217 Å². The summed E-state index contributed by atoms with van der Waals surface area (Å²) in [4.78, 5) is 31.0. The summed E-state index contributed by atoms with van der Waals surface area (Å²) in [6, 6.07) is 3.78. The minimum atomic E-state index is -0.386. The summed E-state index contributed by atoms with van der Waals surface area (Å²) in [5.41, 5.74) is 9.71. The van der Waals surface area contributed by atoms with Crippen LogP contribution in [-0.2, 0) is 4.79 Å². The number of nitrogens with zero attached hydrogens (tertiary/aromatic N) is 6. The number of rotatable bonds is 6. The smallest absolute Gasteiger partial charge is 0.226 e. The first-order valence-corrected chi connectivity index (χ1v) is 12.9. The van der Waals surface area contributed by atoms with E-state index in [2.05, 4.69) is 60.5 Å². The Morgan fingerprint density at radius 1 is 1.22 bits per heavy atom. The van der Waals surface area contributed by atoms with Gasteiger partial charge in [-0.15, -0.1) is 0 Å². The van der Waals surface area contributed by atoms with Crippen molar-refractivity contribution in [2.75, 3.05) is 12.4 Å². The van der Waals surface area contributed by atoms with Gasteiger partial charge in [-0.1, -0.05) is 13.8 Å². The Morgan fingerprint density at radius 3 is 2.72 bits per heavy atom. The van der Waals surface area contributed by atoms with E-state index in [-0.39, 0.29) is 29.3 Å². The van der Waals surface area contributed by atoms with E-state index in [4.69, 9.17) is 10.7 Å². The molecule has 5 rings (SSSR count). The lowest BCUT2D eigenvalue weighted by atomic mass is 9.74. The van der Waals surface area contributed by atoms with Crippen LogP contribution >= 0.6 is 15.9 Å². The highest BCUT2D eigenvalue weighted by atomic mass is 79.9. The van der Waals surface area contributed by atoms with Crippen LogP contribution in [0.5, 0.6) is 0 Å². The third-order valence-electron chi connectivity index (χ3n) is 7.37. The third kappa shape index (κ3) is 4.09. The number of benzene rings is 1. The van der Waals surface area contributed by atoms with E-state index in [1.165, 1.54) is 0 Å². The van der Waals surface area contributed by atoms with E-state index in [1.54, 1.807) is 30.3 Å². The number of amides is 1. The monoisotopic (exact) mass is 551 g/mol. The Morgan fingerprint density at radius 2 is 2.00 bits per heavy atom. The van der Waals surface area contributed by atoms with Crippen LogP contribution in [0.25, 0.3) is 27.8 Å². The number of hydrogen-bond acceptors (Lipinski definition) is 8. The van der Waals surface area contributed by atoms with Crippen molar-refractivity contribution in [2.45, 2.75) is 52.1 Å². The van der Waals surface area contributed by atoms with Crippen LogP contribution in [0.2, 0.25) is 0 Å². The molecule has 0 bridgehead atoms. The molecule has 1 aliphatic carbocycles. The molecule has 4 aromatic rings. The predicted octanol–water partition coefficient (Wildman–Crippen LogP) is 3.89. The Bertz CT molecular complexity index is 1450. The van der Waals surface area contributed by atoms with Crippen molar-refractivity contribution in [2.24, 2.45) is 17.1 Å². The first-order chi connectivity index (χ1) is 17.2. The fraction of sp³-hybridized carbons (Fsp3) is 0.440. The topological polar surface area (TPSA) is 137 Å². The summed E-state index contributed by atoms with van der Waals surface area (Å²) in [7, 11) is 1.71. The zero-order valence-corrected chi connectivity index (χ0v) is 22.4. The Kier molecular flexibility index (Phi) is 6.37. The molecule has 0 spiro atoms. The van der Waals surface area contributed by atoms with Crippen LogP contribution in [0, 0.1) is 11.3 Å². The fourth-order valence-corrected chi connectivity index (χ4v) is 5.74. The lowest BCUT2D eigenvalue weighted by molar-refractivity contribution is -0.132. The lowest BCUT2D eigenvalue weighted by Gasteiger charge is -2.31. The molecular formula is C25H30BrN9O. The van der Waals surface area contributed by atoms with E-state index < -0.39 is 0 Å². The van der Waals surface area contributed by atoms with E-state index in [9.17, 15) is 4.79 Å². The zero-order valence-electron chi connectivity index (χ0n) is 20.8. The molecule has 1 saturated carbocycles. The molecule has 1 fully saturated rings. The standard InChI is InChI=1S/C25H30BrN9O/c1-13(2)25(23(36)28-4)6-5-15(11-25)32-24-31-12-18-21(26)34-35(22(18)33-24)16-9-17(14(3)27)20-19(10-16)29-7-8-30-20/h7-10,12-15H,5-6,11,27H2,1-4H3,(H,28,36)(H,31,32,33)/t14-,15-,25-/m1/s1. The first kappa shape index (κ1) is 24.5. The van der Waals surface area contributed by atoms with Gasteiger partial charge < -0.3 is 16.4 Å². The highest BCUT2D eigenvalue weighted by Gasteiger charge is 2.47. The molecule has 3 aromatic heterocycles. The van der Waals surface area contributed by atoms with Gasteiger partial charge in [0.05, 0.1) is 27.5 Å². The quantitative estimate of drug-likeness (QED) is 0.328. The predicted molar refractivity (Wildman–Crippen MR) is 143 cm³/mol. The van der Waals surface area contributed by atoms with Gasteiger partial charge in [0.1, 0.15) is 4.60 Å². The van der Waals surface area contributed by atoms with E-state index in [1.807, 2.05) is 19.1 Å². The average molecular weight is 552 g/mol.